The number of benzene rings is 1. The molecule has 1 heterocycles. The predicted octanol–water partition coefficient (Wildman–Crippen LogP) is 2.34. The Labute approximate surface area is 119 Å². The highest BCUT2D eigenvalue weighted by molar-refractivity contribution is 5.76. The van der Waals surface area contributed by atoms with Gasteiger partial charge in [-0.1, -0.05) is 6.92 Å². The molecule has 0 fully saturated rings. The number of nitrogens with zero attached hydrogens (tertiary/aromatic N) is 2. The fourth-order valence-corrected chi connectivity index (χ4v) is 2.39. The van der Waals surface area contributed by atoms with E-state index in [9.17, 15) is 0 Å². The van der Waals surface area contributed by atoms with Crippen molar-refractivity contribution in [3.8, 4) is 5.75 Å². The van der Waals surface area contributed by atoms with Crippen molar-refractivity contribution in [2.45, 2.75) is 26.8 Å². The second-order valence-corrected chi connectivity index (χ2v) is 4.76. The average Bonchev–Trinajstić information content (AvgIpc) is 2.87. The minimum atomic E-state index is 0.148. The lowest BCUT2D eigenvalue weighted by Crippen LogP contribution is -2.30. The summed E-state index contributed by atoms with van der Waals surface area (Å²) in [7, 11) is 0. The number of likely N-dealkylation sites (N-methyl/N-ethyl adjacent to an activating group) is 1. The van der Waals surface area contributed by atoms with E-state index in [0.29, 0.717) is 13.2 Å². The summed E-state index contributed by atoms with van der Waals surface area (Å²) in [6.07, 6.45) is 0. The van der Waals surface area contributed by atoms with Gasteiger partial charge in [-0.15, -0.1) is 0 Å². The second-order valence-electron chi connectivity index (χ2n) is 4.76. The molecule has 0 aliphatic rings. The fourth-order valence-electron chi connectivity index (χ4n) is 2.39. The van der Waals surface area contributed by atoms with Crippen LogP contribution in [0.3, 0.4) is 0 Å². The van der Waals surface area contributed by atoms with Crippen LogP contribution in [0.1, 0.15) is 32.6 Å². The molecule has 0 saturated heterocycles. The molecule has 0 bridgehead atoms. The third kappa shape index (κ3) is 3.11. The van der Waals surface area contributed by atoms with Gasteiger partial charge in [0.15, 0.2) is 0 Å². The molecule has 0 amide bonds. The first-order valence-electron chi connectivity index (χ1n) is 7.17. The maximum absolute atomic E-state index is 9.11. The lowest BCUT2D eigenvalue weighted by molar-refractivity contribution is 0.161. The summed E-state index contributed by atoms with van der Waals surface area (Å²) in [5.74, 6) is 1.77. The topological polar surface area (TPSA) is 61.4 Å². The zero-order valence-corrected chi connectivity index (χ0v) is 12.4. The van der Waals surface area contributed by atoms with Crippen LogP contribution in [0.25, 0.3) is 11.0 Å². The first kappa shape index (κ1) is 14.8. The molecule has 0 saturated carbocycles. The van der Waals surface area contributed by atoms with Crippen molar-refractivity contribution < 1.29 is 9.84 Å². The molecule has 0 radical (unpaired) electrons. The third-order valence-electron chi connectivity index (χ3n) is 3.52. The van der Waals surface area contributed by atoms with Crippen molar-refractivity contribution in [2.75, 3.05) is 26.3 Å². The molecule has 5 heteroatoms. The fraction of sp³-hybridized carbons (Fsp3) is 0.533. The van der Waals surface area contributed by atoms with Crippen LogP contribution in [-0.2, 0) is 0 Å². The Morgan fingerprint density at radius 1 is 1.40 bits per heavy atom. The van der Waals surface area contributed by atoms with E-state index < -0.39 is 0 Å². The summed E-state index contributed by atoms with van der Waals surface area (Å²) in [6, 6.07) is 6.03. The number of imidazole rings is 1. The van der Waals surface area contributed by atoms with Gasteiger partial charge in [0.05, 0.1) is 30.3 Å². The monoisotopic (exact) mass is 277 g/mol. The number of nitrogens with one attached hydrogen (secondary N) is 1. The number of hydrogen-bond donors (Lipinski definition) is 2. The number of H-pyrrole nitrogens is 1. The van der Waals surface area contributed by atoms with Gasteiger partial charge in [0.1, 0.15) is 11.6 Å². The zero-order chi connectivity index (χ0) is 14.5. The minimum absolute atomic E-state index is 0.148. The average molecular weight is 277 g/mol. The molecule has 110 valence electrons. The summed E-state index contributed by atoms with van der Waals surface area (Å²) in [6.45, 7) is 8.50. The van der Waals surface area contributed by atoms with E-state index in [-0.39, 0.29) is 12.6 Å². The minimum Gasteiger partial charge on any atom is -0.494 e. The molecule has 1 unspecified atom stereocenters. The largest absolute Gasteiger partial charge is 0.494 e. The maximum atomic E-state index is 9.11. The normalized spacial score (nSPS) is 13.1. The Bertz CT molecular complexity index is 553. The molecule has 2 N–H and O–H groups in total. The molecule has 20 heavy (non-hydrogen) atoms. The molecule has 5 nitrogen and oxygen atoms in total. The molecule has 0 aliphatic carbocycles. The van der Waals surface area contributed by atoms with Crippen LogP contribution >= 0.6 is 0 Å². The molecule has 2 rings (SSSR count). The number of aliphatic hydroxyl groups is 1. The number of hydrogen-bond acceptors (Lipinski definition) is 4. The Hall–Kier alpha value is -1.59. The van der Waals surface area contributed by atoms with Gasteiger partial charge in [0, 0.05) is 12.6 Å². The van der Waals surface area contributed by atoms with Gasteiger partial charge in [-0.3, -0.25) is 4.90 Å². The first-order chi connectivity index (χ1) is 9.69. The van der Waals surface area contributed by atoms with Gasteiger partial charge in [-0.25, -0.2) is 4.98 Å². The Kier molecular flexibility index (Phi) is 4.98. The number of aromatic amines is 1. The quantitative estimate of drug-likeness (QED) is 0.815. The highest BCUT2D eigenvalue weighted by atomic mass is 16.5. The van der Waals surface area contributed by atoms with Gasteiger partial charge >= 0.3 is 0 Å². The molecule has 1 aromatic carbocycles. The van der Waals surface area contributed by atoms with Crippen LogP contribution in [0.5, 0.6) is 5.75 Å². The van der Waals surface area contributed by atoms with Crippen molar-refractivity contribution >= 4 is 11.0 Å². The van der Waals surface area contributed by atoms with Crippen molar-refractivity contribution in [2.24, 2.45) is 0 Å². The summed E-state index contributed by atoms with van der Waals surface area (Å²) in [4.78, 5) is 10.2. The zero-order valence-electron chi connectivity index (χ0n) is 12.4. The van der Waals surface area contributed by atoms with Gasteiger partial charge in [-0.05, 0) is 32.5 Å². The van der Waals surface area contributed by atoms with E-state index in [4.69, 9.17) is 9.84 Å². The van der Waals surface area contributed by atoms with Crippen LogP contribution in [-0.4, -0.2) is 46.3 Å². The van der Waals surface area contributed by atoms with Crippen LogP contribution in [0.2, 0.25) is 0 Å². The van der Waals surface area contributed by atoms with Crippen molar-refractivity contribution in [1.29, 1.82) is 0 Å². The van der Waals surface area contributed by atoms with Crippen molar-refractivity contribution in [3.63, 3.8) is 0 Å². The second kappa shape index (κ2) is 6.72. The molecule has 2 aromatic rings. The molecular weight excluding hydrogens is 254 g/mol. The van der Waals surface area contributed by atoms with Crippen molar-refractivity contribution in [3.05, 3.63) is 24.0 Å². The standard InChI is InChI=1S/C15H23N3O2/c1-4-18(8-9-19)11(3)15-16-13-7-6-12(20-5-2)10-14(13)17-15/h6-7,10-11,19H,4-5,8-9H2,1-3H3,(H,16,17). The maximum Gasteiger partial charge on any atom is 0.124 e. The van der Waals surface area contributed by atoms with E-state index >= 15 is 0 Å². The summed E-state index contributed by atoms with van der Waals surface area (Å²) >= 11 is 0. The van der Waals surface area contributed by atoms with Gasteiger partial charge in [0.25, 0.3) is 0 Å². The molecule has 0 aliphatic heterocycles. The Morgan fingerprint density at radius 2 is 2.20 bits per heavy atom. The summed E-state index contributed by atoms with van der Waals surface area (Å²) < 4.78 is 5.50. The van der Waals surface area contributed by atoms with Gasteiger partial charge in [0.2, 0.25) is 0 Å². The van der Waals surface area contributed by atoms with E-state index in [1.54, 1.807) is 0 Å². The highest BCUT2D eigenvalue weighted by Crippen LogP contribution is 2.23. The van der Waals surface area contributed by atoms with Crippen LogP contribution < -0.4 is 4.74 Å². The Balaban J connectivity index is 2.26. The number of rotatable bonds is 7. The number of aliphatic hydroxyl groups excluding tert-OH is 1. The van der Waals surface area contributed by atoms with Crippen LogP contribution in [0.4, 0.5) is 0 Å². The lowest BCUT2D eigenvalue weighted by atomic mass is 10.2. The number of fused-ring (bicyclic) bond motifs is 1. The third-order valence-corrected chi connectivity index (χ3v) is 3.52. The molecule has 1 aromatic heterocycles. The molecular formula is C15H23N3O2. The predicted molar refractivity (Wildman–Crippen MR) is 80.0 cm³/mol. The highest BCUT2D eigenvalue weighted by Gasteiger charge is 2.17. The van der Waals surface area contributed by atoms with E-state index in [1.807, 2.05) is 25.1 Å². The van der Waals surface area contributed by atoms with Crippen molar-refractivity contribution in [1.82, 2.24) is 14.9 Å². The van der Waals surface area contributed by atoms with E-state index in [2.05, 4.69) is 28.7 Å². The lowest BCUT2D eigenvalue weighted by Gasteiger charge is -2.25. The summed E-state index contributed by atoms with van der Waals surface area (Å²) in [5, 5.41) is 9.11. The molecule has 1 atom stereocenters. The van der Waals surface area contributed by atoms with Crippen LogP contribution in [0.15, 0.2) is 18.2 Å². The number of ether oxygens (including phenoxy) is 1. The van der Waals surface area contributed by atoms with Gasteiger partial charge in [-0.2, -0.15) is 0 Å². The van der Waals surface area contributed by atoms with Gasteiger partial charge < -0.3 is 14.8 Å². The smallest absolute Gasteiger partial charge is 0.124 e. The number of aromatic nitrogens is 2. The SMILES string of the molecule is CCOc1ccc2nc(C(C)N(CC)CCO)[nH]c2c1. The van der Waals surface area contributed by atoms with E-state index in [0.717, 1.165) is 29.2 Å². The van der Waals surface area contributed by atoms with E-state index in [1.165, 1.54) is 0 Å². The summed E-state index contributed by atoms with van der Waals surface area (Å²) in [5.41, 5.74) is 1.92. The molecule has 0 spiro atoms. The Morgan fingerprint density at radius 3 is 2.85 bits per heavy atom. The van der Waals surface area contributed by atoms with Crippen LogP contribution in [0, 0.1) is 0 Å². The first-order valence-corrected chi connectivity index (χ1v) is 7.17.